The summed E-state index contributed by atoms with van der Waals surface area (Å²) in [7, 11) is 1.37. The van der Waals surface area contributed by atoms with Crippen molar-refractivity contribution >= 4 is 5.97 Å². The molecule has 0 spiro atoms. The summed E-state index contributed by atoms with van der Waals surface area (Å²) in [5.41, 5.74) is 1.54. The number of pyridine rings is 1. The lowest BCUT2D eigenvalue weighted by Gasteiger charge is -2.09. The zero-order valence-electron chi connectivity index (χ0n) is 9.49. The summed E-state index contributed by atoms with van der Waals surface area (Å²) in [6.07, 6.45) is 3.83. The van der Waals surface area contributed by atoms with E-state index in [0.29, 0.717) is 11.5 Å². The predicted octanol–water partition coefficient (Wildman–Crippen LogP) is 2.77. The van der Waals surface area contributed by atoms with Crippen molar-refractivity contribution in [2.75, 3.05) is 7.11 Å². The van der Waals surface area contributed by atoms with Crippen molar-refractivity contribution in [2.45, 2.75) is 32.6 Å². The number of ether oxygens (including phenoxy) is 1. The molecule has 0 saturated carbocycles. The van der Waals surface area contributed by atoms with Crippen LogP contribution in [0.1, 0.15) is 48.7 Å². The molecule has 1 aromatic rings. The summed E-state index contributed by atoms with van der Waals surface area (Å²) in [5.74, 6) is 0.110. The molecule has 1 atom stereocenters. The van der Waals surface area contributed by atoms with Gasteiger partial charge in [0.1, 0.15) is 0 Å². The van der Waals surface area contributed by atoms with E-state index in [-0.39, 0.29) is 5.97 Å². The molecule has 0 aliphatic carbocycles. The van der Waals surface area contributed by atoms with Gasteiger partial charge < -0.3 is 4.74 Å². The maximum Gasteiger partial charge on any atom is 0.339 e. The van der Waals surface area contributed by atoms with Crippen LogP contribution in [-0.2, 0) is 4.74 Å². The van der Waals surface area contributed by atoms with E-state index in [4.69, 9.17) is 0 Å². The van der Waals surface area contributed by atoms with E-state index in [1.54, 1.807) is 12.3 Å². The first-order valence-corrected chi connectivity index (χ1v) is 5.23. The quantitative estimate of drug-likeness (QED) is 0.713. The van der Waals surface area contributed by atoms with Crippen LogP contribution in [0.5, 0.6) is 0 Å². The van der Waals surface area contributed by atoms with Crippen LogP contribution in [-0.4, -0.2) is 18.1 Å². The van der Waals surface area contributed by atoms with Crippen LogP contribution in [0.3, 0.4) is 0 Å². The lowest BCUT2D eigenvalue weighted by molar-refractivity contribution is 0.0600. The van der Waals surface area contributed by atoms with Gasteiger partial charge in [0.25, 0.3) is 0 Å². The highest BCUT2D eigenvalue weighted by Gasteiger charge is 2.08. The molecular weight excluding hydrogens is 190 g/mol. The summed E-state index contributed by atoms with van der Waals surface area (Å²) in [6, 6.07) is 3.66. The maximum absolute atomic E-state index is 11.2. The monoisotopic (exact) mass is 207 g/mol. The minimum absolute atomic E-state index is 0.336. The molecule has 15 heavy (non-hydrogen) atoms. The highest BCUT2D eigenvalue weighted by Crippen LogP contribution is 2.18. The first kappa shape index (κ1) is 11.7. The second-order valence-corrected chi connectivity index (χ2v) is 3.65. The maximum atomic E-state index is 11.2. The molecule has 0 radical (unpaired) electrons. The van der Waals surface area contributed by atoms with Crippen molar-refractivity contribution in [1.82, 2.24) is 4.98 Å². The number of rotatable bonds is 4. The van der Waals surface area contributed by atoms with Gasteiger partial charge in [0, 0.05) is 11.9 Å². The zero-order chi connectivity index (χ0) is 11.3. The average molecular weight is 207 g/mol. The Morgan fingerprint density at radius 2 is 2.27 bits per heavy atom. The average Bonchev–Trinajstić information content (AvgIpc) is 2.28. The molecule has 0 fully saturated rings. The molecule has 3 nitrogen and oxygen atoms in total. The van der Waals surface area contributed by atoms with Crippen molar-refractivity contribution < 1.29 is 9.53 Å². The van der Waals surface area contributed by atoms with Gasteiger partial charge in [-0.05, 0) is 24.5 Å². The Morgan fingerprint density at radius 1 is 1.53 bits per heavy atom. The molecular formula is C12H17NO2. The number of esters is 1. The molecule has 82 valence electrons. The van der Waals surface area contributed by atoms with E-state index in [0.717, 1.165) is 18.5 Å². The largest absolute Gasteiger partial charge is 0.465 e. The lowest BCUT2D eigenvalue weighted by Crippen LogP contribution is -2.03. The number of hydrogen-bond donors (Lipinski definition) is 0. The van der Waals surface area contributed by atoms with Gasteiger partial charge in [-0.1, -0.05) is 20.3 Å². The van der Waals surface area contributed by atoms with Crippen LogP contribution in [0.15, 0.2) is 18.3 Å². The fourth-order valence-electron chi connectivity index (χ4n) is 1.52. The first-order chi connectivity index (χ1) is 7.19. The summed E-state index contributed by atoms with van der Waals surface area (Å²) < 4.78 is 4.61. The number of methoxy groups -OCH3 is 1. The minimum atomic E-state index is -0.336. The number of carbonyl (C=O) groups is 1. The van der Waals surface area contributed by atoms with E-state index >= 15 is 0 Å². The molecule has 0 N–H and O–H groups in total. The van der Waals surface area contributed by atoms with Crippen molar-refractivity contribution in [1.29, 1.82) is 0 Å². The van der Waals surface area contributed by atoms with E-state index < -0.39 is 0 Å². The molecule has 0 saturated heterocycles. The highest BCUT2D eigenvalue weighted by molar-refractivity contribution is 5.88. The van der Waals surface area contributed by atoms with Gasteiger partial charge in [-0.2, -0.15) is 0 Å². The number of hydrogen-bond acceptors (Lipinski definition) is 3. The fourth-order valence-corrected chi connectivity index (χ4v) is 1.52. The Kier molecular flexibility index (Phi) is 4.28. The SMILES string of the molecule is CCCC(C)c1ccc(C(=O)OC)cn1. The Bertz CT molecular complexity index is 319. The van der Waals surface area contributed by atoms with Crippen molar-refractivity contribution in [3.05, 3.63) is 29.6 Å². The van der Waals surface area contributed by atoms with Gasteiger partial charge in [-0.15, -0.1) is 0 Å². The van der Waals surface area contributed by atoms with Crippen LogP contribution in [0.2, 0.25) is 0 Å². The van der Waals surface area contributed by atoms with Crippen LogP contribution >= 0.6 is 0 Å². The van der Waals surface area contributed by atoms with E-state index in [1.165, 1.54) is 7.11 Å². The molecule has 3 heteroatoms. The molecule has 0 bridgehead atoms. The highest BCUT2D eigenvalue weighted by atomic mass is 16.5. The standard InChI is InChI=1S/C12H17NO2/c1-4-5-9(2)11-7-6-10(8-13-11)12(14)15-3/h6-9H,4-5H2,1-3H3. The van der Waals surface area contributed by atoms with Crippen LogP contribution in [0.25, 0.3) is 0 Å². The van der Waals surface area contributed by atoms with Gasteiger partial charge >= 0.3 is 5.97 Å². The summed E-state index contributed by atoms with van der Waals surface area (Å²) in [6.45, 7) is 4.29. The fraction of sp³-hybridized carbons (Fsp3) is 0.500. The zero-order valence-corrected chi connectivity index (χ0v) is 9.49. The molecule has 0 amide bonds. The van der Waals surface area contributed by atoms with Crippen molar-refractivity contribution in [2.24, 2.45) is 0 Å². The van der Waals surface area contributed by atoms with Gasteiger partial charge in [0.2, 0.25) is 0 Å². The number of carbonyl (C=O) groups excluding carboxylic acids is 1. The van der Waals surface area contributed by atoms with Crippen molar-refractivity contribution in [3.63, 3.8) is 0 Å². The molecule has 1 rings (SSSR count). The summed E-state index contributed by atoms with van der Waals surface area (Å²) >= 11 is 0. The van der Waals surface area contributed by atoms with Gasteiger partial charge in [-0.3, -0.25) is 4.98 Å². The van der Waals surface area contributed by atoms with E-state index in [9.17, 15) is 4.79 Å². The van der Waals surface area contributed by atoms with Crippen LogP contribution in [0, 0.1) is 0 Å². The molecule has 1 aromatic heterocycles. The molecule has 1 heterocycles. The Hall–Kier alpha value is -1.38. The third-order valence-corrected chi connectivity index (χ3v) is 2.43. The topological polar surface area (TPSA) is 39.2 Å². The normalized spacial score (nSPS) is 12.2. The predicted molar refractivity (Wildman–Crippen MR) is 58.9 cm³/mol. The van der Waals surface area contributed by atoms with Gasteiger partial charge in [0.15, 0.2) is 0 Å². The second kappa shape index (κ2) is 5.49. The summed E-state index contributed by atoms with van der Waals surface area (Å²) in [4.78, 5) is 15.4. The number of aromatic nitrogens is 1. The van der Waals surface area contributed by atoms with E-state index in [2.05, 4.69) is 23.6 Å². The summed E-state index contributed by atoms with van der Waals surface area (Å²) in [5, 5.41) is 0. The van der Waals surface area contributed by atoms with Crippen LogP contribution in [0.4, 0.5) is 0 Å². The Balaban J connectivity index is 2.76. The van der Waals surface area contributed by atoms with Crippen LogP contribution < -0.4 is 0 Å². The smallest absolute Gasteiger partial charge is 0.339 e. The third kappa shape index (κ3) is 3.05. The third-order valence-electron chi connectivity index (χ3n) is 2.43. The van der Waals surface area contributed by atoms with E-state index in [1.807, 2.05) is 6.07 Å². The lowest BCUT2D eigenvalue weighted by atomic mass is 10.0. The Labute approximate surface area is 90.5 Å². The number of nitrogens with zero attached hydrogens (tertiary/aromatic N) is 1. The Morgan fingerprint density at radius 3 is 2.73 bits per heavy atom. The molecule has 0 aliphatic rings. The second-order valence-electron chi connectivity index (χ2n) is 3.65. The first-order valence-electron chi connectivity index (χ1n) is 5.23. The van der Waals surface area contributed by atoms with Crippen molar-refractivity contribution in [3.8, 4) is 0 Å². The van der Waals surface area contributed by atoms with Gasteiger partial charge in [0.05, 0.1) is 12.7 Å². The minimum Gasteiger partial charge on any atom is -0.465 e. The molecule has 0 aromatic carbocycles. The van der Waals surface area contributed by atoms with Gasteiger partial charge in [-0.25, -0.2) is 4.79 Å². The molecule has 0 aliphatic heterocycles. The molecule has 1 unspecified atom stereocenters.